The first-order valence-electron chi connectivity index (χ1n) is 4.15. The van der Waals surface area contributed by atoms with Crippen LogP contribution in [0, 0.1) is 0 Å². The monoisotopic (exact) mass is 184 g/mol. The minimum Gasteiger partial charge on any atom is -0.493 e. The molecule has 1 aromatic rings. The lowest BCUT2D eigenvalue weighted by molar-refractivity contribution is 0.0689. The molecule has 72 valence electrons. The molecule has 1 heterocycles. The molecule has 0 amide bonds. The fourth-order valence-corrected chi connectivity index (χ4v) is 0.984. The Morgan fingerprint density at radius 3 is 2.85 bits per heavy atom. The van der Waals surface area contributed by atoms with Crippen LogP contribution in [0.25, 0.3) is 0 Å². The molecule has 0 saturated heterocycles. The van der Waals surface area contributed by atoms with Crippen molar-refractivity contribution < 1.29 is 15.0 Å². The smallest absolute Gasteiger partial charge is 0.356 e. The predicted molar refractivity (Wildman–Crippen MR) is 45.8 cm³/mol. The second-order valence-corrected chi connectivity index (χ2v) is 2.77. The number of aryl methyl sites for hydroxylation is 1. The molecule has 0 fully saturated rings. The van der Waals surface area contributed by atoms with Crippen LogP contribution in [0.2, 0.25) is 0 Å². The maximum Gasteiger partial charge on any atom is 0.356 e. The normalized spacial score (nSPS) is 10.2. The summed E-state index contributed by atoms with van der Waals surface area (Å²) in [7, 11) is 0. The molecule has 0 unspecified atom stereocenters. The van der Waals surface area contributed by atoms with Crippen LogP contribution in [0.3, 0.4) is 0 Å². The van der Waals surface area contributed by atoms with E-state index in [-0.39, 0.29) is 11.6 Å². The fraction of sp³-hybridized carbons (Fsp3) is 0.500. The fourth-order valence-electron chi connectivity index (χ4n) is 0.984. The molecule has 0 aromatic carbocycles. The van der Waals surface area contributed by atoms with Gasteiger partial charge in [-0.25, -0.2) is 9.48 Å². The number of carboxylic acids is 1. The molecule has 0 spiro atoms. The van der Waals surface area contributed by atoms with Gasteiger partial charge in [-0.15, -0.1) is 0 Å². The van der Waals surface area contributed by atoms with Gasteiger partial charge in [0.05, 0.1) is 0 Å². The van der Waals surface area contributed by atoms with Gasteiger partial charge >= 0.3 is 5.97 Å². The van der Waals surface area contributed by atoms with Gasteiger partial charge in [0.25, 0.3) is 0 Å². The van der Waals surface area contributed by atoms with Gasteiger partial charge in [-0.2, -0.15) is 5.10 Å². The molecular formula is C8H12N2O3. The summed E-state index contributed by atoms with van der Waals surface area (Å²) in [6, 6.07) is 1.15. The van der Waals surface area contributed by atoms with Crippen molar-refractivity contribution in [1.29, 1.82) is 0 Å². The molecule has 1 rings (SSSR count). The quantitative estimate of drug-likeness (QED) is 0.734. The number of hydrogen-bond donors (Lipinski definition) is 2. The van der Waals surface area contributed by atoms with Crippen LogP contribution < -0.4 is 0 Å². The van der Waals surface area contributed by atoms with Crippen LogP contribution in [0.4, 0.5) is 0 Å². The number of aromatic carboxylic acids is 1. The second kappa shape index (κ2) is 3.93. The molecule has 0 saturated carbocycles. The van der Waals surface area contributed by atoms with E-state index < -0.39 is 5.97 Å². The summed E-state index contributed by atoms with van der Waals surface area (Å²) >= 11 is 0. The van der Waals surface area contributed by atoms with Crippen LogP contribution in [0.5, 0.6) is 5.88 Å². The summed E-state index contributed by atoms with van der Waals surface area (Å²) in [5.41, 5.74) is -0.117. The Labute approximate surface area is 75.6 Å². The van der Waals surface area contributed by atoms with E-state index in [2.05, 4.69) is 5.10 Å². The summed E-state index contributed by atoms with van der Waals surface area (Å²) in [5, 5.41) is 21.5. The van der Waals surface area contributed by atoms with E-state index in [4.69, 9.17) is 5.11 Å². The molecule has 1 aromatic heterocycles. The molecule has 13 heavy (non-hydrogen) atoms. The van der Waals surface area contributed by atoms with Crippen LogP contribution in [0.1, 0.15) is 30.3 Å². The number of rotatable bonds is 4. The third-order valence-corrected chi connectivity index (χ3v) is 1.70. The SMILES string of the molecule is CCCCn1nc(C(=O)O)cc1O. The lowest BCUT2D eigenvalue weighted by Crippen LogP contribution is -2.03. The van der Waals surface area contributed by atoms with Crippen molar-refractivity contribution >= 4 is 5.97 Å². The summed E-state index contributed by atoms with van der Waals surface area (Å²) in [5.74, 6) is -1.21. The second-order valence-electron chi connectivity index (χ2n) is 2.77. The highest BCUT2D eigenvalue weighted by molar-refractivity contribution is 5.85. The average Bonchev–Trinajstić information content (AvgIpc) is 2.44. The molecule has 0 radical (unpaired) electrons. The first-order valence-corrected chi connectivity index (χ1v) is 4.15. The highest BCUT2D eigenvalue weighted by Crippen LogP contribution is 2.12. The zero-order valence-electron chi connectivity index (χ0n) is 7.40. The Kier molecular flexibility index (Phi) is 2.89. The standard InChI is InChI=1S/C8H12N2O3/c1-2-3-4-10-7(11)5-6(9-10)8(12)13/h5,11H,2-4H2,1H3,(H,12,13). The Morgan fingerprint density at radius 1 is 1.69 bits per heavy atom. The Balaban J connectivity index is 2.77. The molecule has 0 aliphatic rings. The van der Waals surface area contributed by atoms with Crippen LogP contribution in [0.15, 0.2) is 6.07 Å². The maximum atomic E-state index is 10.5. The number of carboxylic acid groups (broad SMARTS) is 1. The van der Waals surface area contributed by atoms with Gasteiger partial charge in [-0.05, 0) is 6.42 Å². The third kappa shape index (κ3) is 2.21. The maximum absolute atomic E-state index is 10.5. The van der Waals surface area contributed by atoms with Crippen molar-refractivity contribution in [2.45, 2.75) is 26.3 Å². The van der Waals surface area contributed by atoms with E-state index in [9.17, 15) is 9.90 Å². The van der Waals surface area contributed by atoms with Crippen molar-refractivity contribution in [3.63, 3.8) is 0 Å². The van der Waals surface area contributed by atoms with E-state index in [1.807, 2.05) is 6.92 Å². The van der Waals surface area contributed by atoms with Gasteiger partial charge in [0.1, 0.15) is 0 Å². The van der Waals surface area contributed by atoms with Gasteiger partial charge in [0, 0.05) is 12.6 Å². The number of nitrogens with zero attached hydrogens (tertiary/aromatic N) is 2. The summed E-state index contributed by atoms with van der Waals surface area (Å²) < 4.78 is 1.30. The van der Waals surface area contributed by atoms with Crippen molar-refractivity contribution in [3.8, 4) is 5.88 Å². The first kappa shape index (κ1) is 9.57. The van der Waals surface area contributed by atoms with Crippen LogP contribution in [-0.4, -0.2) is 26.0 Å². The Bertz CT molecular complexity index is 306. The Morgan fingerprint density at radius 2 is 2.38 bits per heavy atom. The lowest BCUT2D eigenvalue weighted by atomic mass is 10.3. The van der Waals surface area contributed by atoms with Crippen molar-refractivity contribution in [2.24, 2.45) is 0 Å². The van der Waals surface area contributed by atoms with Gasteiger partial charge in [-0.3, -0.25) is 0 Å². The van der Waals surface area contributed by atoms with Crippen LogP contribution >= 0.6 is 0 Å². The number of carbonyl (C=O) groups is 1. The predicted octanol–water partition coefficient (Wildman–Crippen LogP) is 1.09. The van der Waals surface area contributed by atoms with Crippen LogP contribution in [-0.2, 0) is 6.54 Å². The van der Waals surface area contributed by atoms with Gasteiger partial charge in [0.2, 0.25) is 5.88 Å². The highest BCUT2D eigenvalue weighted by atomic mass is 16.4. The lowest BCUT2D eigenvalue weighted by Gasteiger charge is -1.99. The summed E-state index contributed by atoms with van der Waals surface area (Å²) in [4.78, 5) is 10.5. The van der Waals surface area contributed by atoms with Gasteiger partial charge in [0.15, 0.2) is 5.69 Å². The van der Waals surface area contributed by atoms with Gasteiger partial charge in [-0.1, -0.05) is 13.3 Å². The number of aromatic hydroxyl groups is 1. The molecular weight excluding hydrogens is 172 g/mol. The molecule has 5 heteroatoms. The van der Waals surface area contributed by atoms with Crippen molar-refractivity contribution in [2.75, 3.05) is 0 Å². The van der Waals surface area contributed by atoms with E-state index >= 15 is 0 Å². The van der Waals surface area contributed by atoms with E-state index in [0.29, 0.717) is 6.54 Å². The topological polar surface area (TPSA) is 75.4 Å². The van der Waals surface area contributed by atoms with E-state index in [1.165, 1.54) is 4.68 Å². The molecule has 5 nitrogen and oxygen atoms in total. The minimum absolute atomic E-state index is 0.0918. The largest absolute Gasteiger partial charge is 0.493 e. The summed E-state index contributed by atoms with van der Waals surface area (Å²) in [6.45, 7) is 2.56. The first-order chi connectivity index (χ1) is 6.15. The average molecular weight is 184 g/mol. The number of aromatic nitrogens is 2. The molecule has 0 aliphatic heterocycles. The zero-order chi connectivity index (χ0) is 9.84. The zero-order valence-corrected chi connectivity index (χ0v) is 7.40. The van der Waals surface area contributed by atoms with Crippen molar-refractivity contribution in [1.82, 2.24) is 9.78 Å². The molecule has 0 aliphatic carbocycles. The van der Waals surface area contributed by atoms with E-state index in [1.54, 1.807) is 0 Å². The minimum atomic E-state index is -1.12. The molecule has 2 N–H and O–H groups in total. The Hall–Kier alpha value is -1.52. The van der Waals surface area contributed by atoms with E-state index in [0.717, 1.165) is 18.9 Å². The molecule has 0 bridgehead atoms. The molecule has 0 atom stereocenters. The third-order valence-electron chi connectivity index (χ3n) is 1.70. The number of unbranched alkanes of at least 4 members (excludes halogenated alkanes) is 1. The van der Waals surface area contributed by atoms with Crippen molar-refractivity contribution in [3.05, 3.63) is 11.8 Å². The summed E-state index contributed by atoms with van der Waals surface area (Å²) in [6.07, 6.45) is 1.84. The van der Waals surface area contributed by atoms with Gasteiger partial charge < -0.3 is 10.2 Å². The highest BCUT2D eigenvalue weighted by Gasteiger charge is 2.11. The number of hydrogen-bond acceptors (Lipinski definition) is 3.